The minimum absolute atomic E-state index is 0.0221. The number of carbonyl (C=O) groups excluding carboxylic acids is 2. The highest BCUT2D eigenvalue weighted by Crippen LogP contribution is 2.33. The standard InChI is InChI=1S/C32H36FN7O4/c1-19-17-39(18-27-35-36-28(40(19)27)21-11-13-38(14-12-21)31(43)44-32(2,3)4)30(42)24-15-20(9-10-25(24)33)16-26-22-7-5-6-8-23(22)29(41)37-34-26/h5-10,15,19,21H,11-14,16-18H2,1-4H3,(H,37,41). The Morgan fingerprint density at radius 2 is 1.77 bits per heavy atom. The number of likely N-dealkylation sites (tertiary alicyclic amines) is 1. The lowest BCUT2D eigenvalue weighted by molar-refractivity contribution is 0.0201. The van der Waals surface area contributed by atoms with Crippen LogP contribution in [0.1, 0.15) is 85.8 Å². The van der Waals surface area contributed by atoms with Crippen LogP contribution < -0.4 is 5.56 Å². The number of rotatable bonds is 4. The van der Waals surface area contributed by atoms with Crippen LogP contribution in [0.2, 0.25) is 0 Å². The number of hydrogen-bond donors (Lipinski definition) is 1. The second-order valence-corrected chi connectivity index (χ2v) is 12.7. The fraction of sp³-hybridized carbons (Fsp3) is 0.438. The third-order valence-corrected chi connectivity index (χ3v) is 8.26. The third kappa shape index (κ3) is 5.80. The van der Waals surface area contributed by atoms with Crippen molar-refractivity contribution < 1.29 is 18.7 Å². The molecule has 1 fully saturated rings. The predicted molar refractivity (Wildman–Crippen MR) is 161 cm³/mol. The van der Waals surface area contributed by atoms with E-state index in [2.05, 4.69) is 25.0 Å². The molecular weight excluding hydrogens is 565 g/mol. The number of nitrogens with one attached hydrogen (secondary N) is 1. The molecule has 2 aromatic carbocycles. The molecule has 1 N–H and O–H groups in total. The van der Waals surface area contributed by atoms with Crippen molar-refractivity contribution >= 4 is 22.8 Å². The molecule has 2 aliphatic rings. The summed E-state index contributed by atoms with van der Waals surface area (Å²) in [7, 11) is 0. The molecule has 2 amide bonds. The first-order valence-electron chi connectivity index (χ1n) is 14.9. The Morgan fingerprint density at radius 1 is 1.05 bits per heavy atom. The molecule has 0 aliphatic carbocycles. The molecule has 6 rings (SSSR count). The second kappa shape index (κ2) is 11.5. The number of benzene rings is 2. The molecule has 1 atom stereocenters. The Bertz CT molecular complexity index is 1790. The van der Waals surface area contributed by atoms with Gasteiger partial charge in [0.25, 0.3) is 11.5 Å². The summed E-state index contributed by atoms with van der Waals surface area (Å²) in [5.41, 5.74) is 0.493. The predicted octanol–water partition coefficient (Wildman–Crippen LogP) is 4.58. The van der Waals surface area contributed by atoms with Gasteiger partial charge in [-0.1, -0.05) is 24.3 Å². The van der Waals surface area contributed by atoms with Crippen LogP contribution >= 0.6 is 0 Å². The summed E-state index contributed by atoms with van der Waals surface area (Å²) < 4.78 is 22.7. The van der Waals surface area contributed by atoms with Gasteiger partial charge in [0.1, 0.15) is 17.2 Å². The zero-order valence-electron chi connectivity index (χ0n) is 25.3. The molecule has 44 heavy (non-hydrogen) atoms. The van der Waals surface area contributed by atoms with Crippen molar-refractivity contribution in [2.24, 2.45) is 0 Å². The zero-order valence-corrected chi connectivity index (χ0v) is 25.3. The van der Waals surface area contributed by atoms with Crippen molar-refractivity contribution in [3.05, 3.63) is 87.1 Å². The first-order chi connectivity index (χ1) is 21.0. The Hall–Kier alpha value is -4.61. The third-order valence-electron chi connectivity index (χ3n) is 8.26. The number of carbonyl (C=O) groups is 2. The van der Waals surface area contributed by atoms with Crippen molar-refractivity contribution in [1.82, 2.24) is 34.8 Å². The lowest BCUT2D eigenvalue weighted by atomic mass is 9.95. The van der Waals surface area contributed by atoms with Crippen molar-refractivity contribution in [1.29, 1.82) is 0 Å². The number of piperidine rings is 1. The minimum atomic E-state index is -0.602. The lowest BCUT2D eigenvalue weighted by Gasteiger charge is -2.36. The van der Waals surface area contributed by atoms with Crippen LogP contribution in [0.5, 0.6) is 0 Å². The molecule has 2 aliphatic heterocycles. The van der Waals surface area contributed by atoms with Crippen molar-refractivity contribution in [2.75, 3.05) is 19.6 Å². The van der Waals surface area contributed by atoms with E-state index < -0.39 is 17.3 Å². The first kappa shape index (κ1) is 29.5. The number of amides is 2. The average molecular weight is 602 g/mol. The van der Waals surface area contributed by atoms with Crippen molar-refractivity contribution in [3.8, 4) is 0 Å². The fourth-order valence-corrected chi connectivity index (χ4v) is 6.16. The average Bonchev–Trinajstić information content (AvgIpc) is 3.43. The van der Waals surface area contributed by atoms with Crippen LogP contribution in [-0.2, 0) is 17.7 Å². The van der Waals surface area contributed by atoms with Gasteiger partial charge < -0.3 is 19.1 Å². The molecular formula is C32H36FN7O4. The number of aromatic amines is 1. The molecule has 2 aromatic heterocycles. The highest BCUT2D eigenvalue weighted by Gasteiger charge is 2.35. The molecule has 4 aromatic rings. The largest absolute Gasteiger partial charge is 0.444 e. The van der Waals surface area contributed by atoms with E-state index in [1.165, 1.54) is 6.07 Å². The number of H-pyrrole nitrogens is 1. The maximum Gasteiger partial charge on any atom is 0.410 e. The summed E-state index contributed by atoms with van der Waals surface area (Å²) in [5.74, 6) is 0.623. The Kier molecular flexibility index (Phi) is 7.68. The van der Waals surface area contributed by atoms with E-state index in [4.69, 9.17) is 4.74 Å². The van der Waals surface area contributed by atoms with E-state index in [0.717, 1.165) is 18.7 Å². The molecule has 1 unspecified atom stereocenters. The van der Waals surface area contributed by atoms with E-state index >= 15 is 4.39 Å². The smallest absolute Gasteiger partial charge is 0.410 e. The summed E-state index contributed by atoms with van der Waals surface area (Å²) in [6.45, 7) is 9.30. The fourth-order valence-electron chi connectivity index (χ4n) is 6.16. The van der Waals surface area contributed by atoms with Gasteiger partial charge in [-0.2, -0.15) is 5.10 Å². The normalized spacial score (nSPS) is 17.5. The number of aromatic nitrogens is 5. The second-order valence-electron chi connectivity index (χ2n) is 12.7. The SMILES string of the molecule is CC1CN(C(=O)c2cc(Cc3n[nH]c(=O)c4ccccc34)ccc2F)Cc2nnc(C3CCN(C(=O)OC(C)(C)C)CC3)n21. The van der Waals surface area contributed by atoms with Crippen LogP contribution in [0.4, 0.5) is 9.18 Å². The van der Waals surface area contributed by atoms with Gasteiger partial charge in [0, 0.05) is 37.4 Å². The molecule has 1 saturated heterocycles. The molecule has 0 spiro atoms. The van der Waals surface area contributed by atoms with Crippen LogP contribution in [0.15, 0.2) is 47.3 Å². The van der Waals surface area contributed by atoms with Crippen LogP contribution in [0.3, 0.4) is 0 Å². The number of ether oxygens (including phenoxy) is 1. The van der Waals surface area contributed by atoms with Crippen LogP contribution in [0.25, 0.3) is 10.8 Å². The Labute approximate surface area is 254 Å². The van der Waals surface area contributed by atoms with E-state index in [1.54, 1.807) is 34.1 Å². The summed E-state index contributed by atoms with van der Waals surface area (Å²) in [4.78, 5) is 41.7. The highest BCUT2D eigenvalue weighted by atomic mass is 19.1. The Morgan fingerprint density at radius 3 is 2.50 bits per heavy atom. The van der Waals surface area contributed by atoms with Gasteiger partial charge in [0.2, 0.25) is 0 Å². The molecule has 12 heteroatoms. The summed E-state index contributed by atoms with van der Waals surface area (Å²) >= 11 is 0. The van der Waals surface area contributed by atoms with Crippen molar-refractivity contribution in [3.63, 3.8) is 0 Å². The maximum atomic E-state index is 15.1. The summed E-state index contributed by atoms with van der Waals surface area (Å²) in [5, 5.41) is 16.9. The van der Waals surface area contributed by atoms with Gasteiger partial charge in [-0.15, -0.1) is 10.2 Å². The quantitative estimate of drug-likeness (QED) is 0.363. The first-order valence-corrected chi connectivity index (χ1v) is 14.9. The van der Waals surface area contributed by atoms with Gasteiger partial charge in [-0.3, -0.25) is 9.59 Å². The molecule has 230 valence electrons. The summed E-state index contributed by atoms with van der Waals surface area (Å²) in [6, 6.07) is 11.6. The number of hydrogen-bond acceptors (Lipinski definition) is 7. The number of nitrogens with zero attached hydrogens (tertiary/aromatic N) is 6. The number of fused-ring (bicyclic) bond motifs is 2. The van der Waals surface area contributed by atoms with Gasteiger partial charge in [0.05, 0.1) is 29.2 Å². The van der Waals surface area contributed by atoms with E-state index in [0.29, 0.717) is 53.9 Å². The van der Waals surface area contributed by atoms with Crippen molar-refractivity contribution in [2.45, 2.75) is 71.1 Å². The topological polar surface area (TPSA) is 126 Å². The molecule has 0 saturated carbocycles. The molecule has 4 heterocycles. The Balaban J connectivity index is 1.16. The van der Waals surface area contributed by atoms with Crippen LogP contribution in [-0.4, -0.2) is 72.0 Å². The van der Waals surface area contributed by atoms with Gasteiger partial charge in [-0.25, -0.2) is 14.3 Å². The lowest BCUT2D eigenvalue weighted by Crippen LogP contribution is -2.43. The van der Waals surface area contributed by atoms with E-state index in [1.807, 2.05) is 39.8 Å². The summed E-state index contributed by atoms with van der Waals surface area (Å²) in [6.07, 6.45) is 1.49. The molecule has 0 radical (unpaired) electrons. The van der Waals surface area contributed by atoms with Gasteiger partial charge >= 0.3 is 6.09 Å². The van der Waals surface area contributed by atoms with Gasteiger partial charge in [0.15, 0.2) is 5.82 Å². The number of halogens is 1. The highest BCUT2D eigenvalue weighted by molar-refractivity contribution is 5.95. The molecule has 0 bridgehead atoms. The van der Waals surface area contributed by atoms with E-state index in [-0.39, 0.29) is 35.7 Å². The molecule has 11 nitrogen and oxygen atoms in total. The zero-order chi connectivity index (χ0) is 31.2. The van der Waals surface area contributed by atoms with Gasteiger partial charge in [-0.05, 0) is 64.3 Å². The van der Waals surface area contributed by atoms with E-state index in [9.17, 15) is 14.4 Å². The monoisotopic (exact) mass is 601 g/mol. The maximum absolute atomic E-state index is 15.1. The minimum Gasteiger partial charge on any atom is -0.444 e. The van der Waals surface area contributed by atoms with Crippen LogP contribution in [0, 0.1) is 5.82 Å².